The topological polar surface area (TPSA) is 75.6 Å². The standard InChI is InChI=1S/C29H25NO4/c31-28(32)21(16-20-10-7-9-19-8-1-2-11-22(19)20)17-30-29(33)34-18-27-25-14-5-3-12-23(25)24-13-4-6-15-26(24)27/h1-15,21,27H,16-18H2,(H,30,33)(H,31,32)/t21-/m1/s1. The van der Waals surface area contributed by atoms with Crippen LogP contribution in [0.25, 0.3) is 21.9 Å². The van der Waals surface area contributed by atoms with Crippen LogP contribution in [0.5, 0.6) is 0 Å². The second kappa shape index (κ2) is 9.40. The lowest BCUT2D eigenvalue weighted by atomic mass is 9.95. The van der Waals surface area contributed by atoms with Gasteiger partial charge in [0.25, 0.3) is 0 Å². The van der Waals surface area contributed by atoms with E-state index in [0.29, 0.717) is 6.42 Å². The molecule has 0 radical (unpaired) electrons. The summed E-state index contributed by atoms with van der Waals surface area (Å²) in [5, 5.41) is 14.5. The highest BCUT2D eigenvalue weighted by atomic mass is 16.5. The average Bonchev–Trinajstić information content (AvgIpc) is 3.19. The largest absolute Gasteiger partial charge is 0.481 e. The van der Waals surface area contributed by atoms with Crippen molar-refractivity contribution >= 4 is 22.8 Å². The number of amides is 1. The van der Waals surface area contributed by atoms with E-state index in [1.165, 1.54) is 0 Å². The first-order valence-electron chi connectivity index (χ1n) is 11.4. The monoisotopic (exact) mass is 451 g/mol. The van der Waals surface area contributed by atoms with Crippen molar-refractivity contribution in [3.63, 3.8) is 0 Å². The predicted molar refractivity (Wildman–Crippen MR) is 132 cm³/mol. The molecule has 5 rings (SSSR count). The molecule has 5 nitrogen and oxygen atoms in total. The number of alkyl carbamates (subject to hydrolysis) is 1. The third kappa shape index (κ3) is 4.25. The number of fused-ring (bicyclic) bond motifs is 4. The molecule has 0 heterocycles. The van der Waals surface area contributed by atoms with E-state index in [-0.39, 0.29) is 19.1 Å². The van der Waals surface area contributed by atoms with E-state index < -0.39 is 18.0 Å². The molecule has 0 aliphatic heterocycles. The number of carboxylic acids is 1. The maximum Gasteiger partial charge on any atom is 0.407 e. The average molecular weight is 452 g/mol. The number of aliphatic carboxylic acids is 1. The highest BCUT2D eigenvalue weighted by molar-refractivity contribution is 5.86. The first-order chi connectivity index (χ1) is 16.6. The summed E-state index contributed by atoms with van der Waals surface area (Å²) in [6, 6.07) is 30.0. The molecule has 0 bridgehead atoms. The Labute approximate surface area is 198 Å². The van der Waals surface area contributed by atoms with Crippen LogP contribution in [0.3, 0.4) is 0 Å². The van der Waals surface area contributed by atoms with Crippen LogP contribution in [0, 0.1) is 5.92 Å². The van der Waals surface area contributed by atoms with Gasteiger partial charge >= 0.3 is 12.1 Å². The quantitative estimate of drug-likeness (QED) is 0.382. The Bertz CT molecular complexity index is 1310. The third-order valence-electron chi connectivity index (χ3n) is 6.53. The zero-order valence-electron chi connectivity index (χ0n) is 18.6. The number of rotatable bonds is 7. The molecule has 170 valence electrons. The number of hydrogen-bond donors (Lipinski definition) is 2. The second-order valence-corrected chi connectivity index (χ2v) is 8.58. The molecule has 1 aliphatic carbocycles. The first-order valence-corrected chi connectivity index (χ1v) is 11.4. The molecule has 1 aliphatic rings. The van der Waals surface area contributed by atoms with Crippen molar-refractivity contribution in [3.05, 3.63) is 108 Å². The van der Waals surface area contributed by atoms with Gasteiger partial charge < -0.3 is 15.2 Å². The zero-order valence-corrected chi connectivity index (χ0v) is 18.6. The molecule has 4 aromatic carbocycles. The van der Waals surface area contributed by atoms with Crippen LogP contribution in [-0.4, -0.2) is 30.3 Å². The van der Waals surface area contributed by atoms with Crippen molar-refractivity contribution in [2.45, 2.75) is 12.3 Å². The van der Waals surface area contributed by atoms with Gasteiger partial charge in [-0.25, -0.2) is 4.79 Å². The Balaban J connectivity index is 1.23. The number of nitrogens with one attached hydrogen (secondary N) is 1. The maximum atomic E-state index is 12.5. The van der Waals surface area contributed by atoms with Gasteiger partial charge in [0.2, 0.25) is 0 Å². The van der Waals surface area contributed by atoms with Crippen LogP contribution in [0.2, 0.25) is 0 Å². The van der Waals surface area contributed by atoms with Gasteiger partial charge in [0.15, 0.2) is 0 Å². The zero-order chi connectivity index (χ0) is 23.5. The summed E-state index contributed by atoms with van der Waals surface area (Å²) in [5.41, 5.74) is 5.54. The van der Waals surface area contributed by atoms with E-state index >= 15 is 0 Å². The van der Waals surface area contributed by atoms with E-state index in [0.717, 1.165) is 38.6 Å². The molecular formula is C29H25NO4. The van der Waals surface area contributed by atoms with E-state index in [1.54, 1.807) is 0 Å². The highest BCUT2D eigenvalue weighted by Gasteiger charge is 2.29. The number of carboxylic acid groups (broad SMARTS) is 1. The van der Waals surface area contributed by atoms with Gasteiger partial charge in [-0.2, -0.15) is 0 Å². The summed E-state index contributed by atoms with van der Waals surface area (Å²) in [7, 11) is 0. The third-order valence-corrected chi connectivity index (χ3v) is 6.53. The predicted octanol–water partition coefficient (Wildman–Crippen LogP) is 5.62. The molecule has 0 fully saturated rings. The fourth-order valence-electron chi connectivity index (χ4n) is 4.84. The summed E-state index contributed by atoms with van der Waals surface area (Å²) in [6.45, 7) is 0.191. The van der Waals surface area contributed by atoms with Gasteiger partial charge in [0, 0.05) is 12.5 Å². The van der Waals surface area contributed by atoms with E-state index in [9.17, 15) is 14.7 Å². The molecule has 0 unspecified atom stereocenters. The number of carbonyl (C=O) groups excluding carboxylic acids is 1. The Morgan fingerprint density at radius 3 is 2.15 bits per heavy atom. The van der Waals surface area contributed by atoms with Crippen LogP contribution < -0.4 is 5.32 Å². The van der Waals surface area contributed by atoms with E-state index in [4.69, 9.17) is 4.74 Å². The molecule has 5 heteroatoms. The molecule has 0 aromatic heterocycles. The molecule has 4 aromatic rings. The number of carbonyl (C=O) groups is 2. The van der Waals surface area contributed by atoms with Crippen LogP contribution in [0.4, 0.5) is 4.79 Å². The van der Waals surface area contributed by atoms with E-state index in [1.807, 2.05) is 66.7 Å². The lowest BCUT2D eigenvalue weighted by Crippen LogP contribution is -2.35. The van der Waals surface area contributed by atoms with Crippen LogP contribution in [-0.2, 0) is 16.0 Å². The van der Waals surface area contributed by atoms with Gasteiger partial charge in [-0.3, -0.25) is 4.79 Å². The fraction of sp³-hybridized carbons (Fsp3) is 0.172. The van der Waals surface area contributed by atoms with Crippen molar-refractivity contribution in [2.24, 2.45) is 5.92 Å². The van der Waals surface area contributed by atoms with Crippen molar-refractivity contribution in [1.82, 2.24) is 5.32 Å². The normalized spacial score (nSPS) is 13.2. The Morgan fingerprint density at radius 2 is 1.44 bits per heavy atom. The Kier molecular flexibility index (Phi) is 6.00. The minimum Gasteiger partial charge on any atom is -0.481 e. The molecule has 0 saturated carbocycles. The lowest BCUT2D eigenvalue weighted by molar-refractivity contribution is -0.141. The number of benzene rings is 4. The summed E-state index contributed by atoms with van der Waals surface area (Å²) < 4.78 is 5.55. The van der Waals surface area contributed by atoms with Crippen molar-refractivity contribution in [3.8, 4) is 11.1 Å². The smallest absolute Gasteiger partial charge is 0.407 e. The van der Waals surface area contributed by atoms with Crippen LogP contribution in [0.15, 0.2) is 91.0 Å². The van der Waals surface area contributed by atoms with Crippen molar-refractivity contribution in [2.75, 3.05) is 13.2 Å². The summed E-state index contributed by atoms with van der Waals surface area (Å²) in [5.74, 6) is -1.75. The first kappa shape index (κ1) is 21.7. The van der Waals surface area contributed by atoms with Gasteiger partial charge in [-0.1, -0.05) is 91.0 Å². The highest BCUT2D eigenvalue weighted by Crippen LogP contribution is 2.44. The summed E-state index contributed by atoms with van der Waals surface area (Å²) >= 11 is 0. The lowest BCUT2D eigenvalue weighted by Gasteiger charge is -2.17. The van der Waals surface area contributed by atoms with Gasteiger partial charge in [-0.05, 0) is 45.0 Å². The number of ether oxygens (including phenoxy) is 1. The van der Waals surface area contributed by atoms with E-state index in [2.05, 4.69) is 29.6 Å². The molecule has 1 atom stereocenters. The van der Waals surface area contributed by atoms with Crippen molar-refractivity contribution in [1.29, 1.82) is 0 Å². The minimum absolute atomic E-state index is 0.00473. The van der Waals surface area contributed by atoms with Crippen LogP contribution in [0.1, 0.15) is 22.6 Å². The molecule has 1 amide bonds. The number of hydrogen-bond acceptors (Lipinski definition) is 3. The summed E-state index contributed by atoms with van der Waals surface area (Å²) in [6.07, 6.45) is -0.286. The van der Waals surface area contributed by atoms with Crippen molar-refractivity contribution < 1.29 is 19.4 Å². The molecular weight excluding hydrogens is 426 g/mol. The van der Waals surface area contributed by atoms with Gasteiger partial charge in [0.1, 0.15) is 6.61 Å². The Morgan fingerprint density at radius 1 is 0.824 bits per heavy atom. The molecule has 0 saturated heterocycles. The van der Waals surface area contributed by atoms with Gasteiger partial charge in [-0.15, -0.1) is 0 Å². The maximum absolute atomic E-state index is 12.5. The molecule has 2 N–H and O–H groups in total. The fourth-order valence-corrected chi connectivity index (χ4v) is 4.84. The van der Waals surface area contributed by atoms with Gasteiger partial charge in [0.05, 0.1) is 5.92 Å². The minimum atomic E-state index is -0.952. The SMILES string of the molecule is O=C(NC[C@@H](Cc1cccc2ccccc12)C(=O)O)OCC1c2ccccc2-c2ccccc21. The molecule has 0 spiro atoms. The Hall–Kier alpha value is -4.12. The second-order valence-electron chi connectivity index (χ2n) is 8.58. The van der Waals surface area contributed by atoms with Crippen LogP contribution >= 0.6 is 0 Å². The summed E-state index contributed by atoms with van der Waals surface area (Å²) in [4.78, 5) is 24.4. The molecule has 34 heavy (non-hydrogen) atoms.